The zero-order valence-corrected chi connectivity index (χ0v) is 12.8. The molecule has 1 aromatic rings. The van der Waals surface area contributed by atoms with Gasteiger partial charge in [-0.25, -0.2) is 0 Å². The van der Waals surface area contributed by atoms with Gasteiger partial charge in [-0.05, 0) is 46.5 Å². The minimum atomic E-state index is -0.854. The molecule has 5 nitrogen and oxygen atoms in total. The Morgan fingerprint density at radius 3 is 2.47 bits per heavy atom. The van der Waals surface area contributed by atoms with E-state index >= 15 is 0 Å². The molecule has 0 aliphatic heterocycles. The van der Waals surface area contributed by atoms with Crippen molar-refractivity contribution in [3.05, 3.63) is 21.7 Å². The number of carboxylic acids is 1. The summed E-state index contributed by atoms with van der Waals surface area (Å²) in [5.41, 5.74) is 7.76. The van der Waals surface area contributed by atoms with Gasteiger partial charge in [0, 0.05) is 12.5 Å². The molecule has 0 amide bonds. The van der Waals surface area contributed by atoms with Gasteiger partial charge in [-0.2, -0.15) is 0 Å². The number of carbonyl (C=O) groups is 1. The Balaban J connectivity index is 3.15. The summed E-state index contributed by atoms with van der Waals surface area (Å²) in [4.78, 5) is 10.6. The van der Waals surface area contributed by atoms with Crippen LogP contribution in [0.5, 0.6) is 11.5 Å². The molecular weight excluding hydrogens is 314 g/mol. The predicted octanol–water partition coefficient (Wildman–Crippen LogP) is 2.64. The van der Waals surface area contributed by atoms with Crippen molar-refractivity contribution >= 4 is 21.9 Å². The smallest absolute Gasteiger partial charge is 0.303 e. The van der Waals surface area contributed by atoms with E-state index in [1.807, 2.05) is 13.0 Å². The largest absolute Gasteiger partial charge is 0.493 e. The third-order valence-electron chi connectivity index (χ3n) is 2.96. The maximum absolute atomic E-state index is 10.6. The van der Waals surface area contributed by atoms with Crippen LogP contribution in [0.15, 0.2) is 10.5 Å². The fourth-order valence-electron chi connectivity index (χ4n) is 1.98. The van der Waals surface area contributed by atoms with E-state index in [2.05, 4.69) is 15.9 Å². The number of rotatable bonds is 6. The summed E-state index contributed by atoms with van der Waals surface area (Å²) in [6.45, 7) is 1.88. The molecule has 0 bridgehead atoms. The molecule has 0 aromatic heterocycles. The highest BCUT2D eigenvalue weighted by molar-refractivity contribution is 9.10. The molecule has 1 aromatic carbocycles. The second kappa shape index (κ2) is 6.77. The Morgan fingerprint density at radius 1 is 1.42 bits per heavy atom. The second-order valence-electron chi connectivity index (χ2n) is 4.18. The van der Waals surface area contributed by atoms with Crippen LogP contribution in [0, 0.1) is 6.92 Å². The average molecular weight is 332 g/mol. The SMILES string of the molecule is COc1c(Br)cc(C(N)CCC(=O)O)c(C)c1OC. The van der Waals surface area contributed by atoms with Crippen LogP contribution in [0.1, 0.15) is 30.0 Å². The first-order valence-electron chi connectivity index (χ1n) is 5.80. The number of ether oxygens (including phenoxy) is 2. The minimum absolute atomic E-state index is 0.0343. The molecule has 0 radical (unpaired) electrons. The number of benzene rings is 1. The molecule has 0 spiro atoms. The summed E-state index contributed by atoms with van der Waals surface area (Å²) in [5, 5.41) is 8.71. The molecule has 0 saturated carbocycles. The highest BCUT2D eigenvalue weighted by Crippen LogP contribution is 2.41. The van der Waals surface area contributed by atoms with Crippen molar-refractivity contribution in [1.82, 2.24) is 0 Å². The highest BCUT2D eigenvalue weighted by Gasteiger charge is 2.19. The second-order valence-corrected chi connectivity index (χ2v) is 5.03. The lowest BCUT2D eigenvalue weighted by Gasteiger charge is -2.19. The van der Waals surface area contributed by atoms with E-state index in [0.29, 0.717) is 17.9 Å². The van der Waals surface area contributed by atoms with Crippen molar-refractivity contribution in [2.45, 2.75) is 25.8 Å². The Bertz CT molecular complexity index is 476. The van der Waals surface area contributed by atoms with Gasteiger partial charge in [0.05, 0.1) is 18.7 Å². The lowest BCUT2D eigenvalue weighted by molar-refractivity contribution is -0.137. The summed E-state index contributed by atoms with van der Waals surface area (Å²) >= 11 is 3.40. The molecule has 1 rings (SSSR count). The molecule has 0 heterocycles. The number of aliphatic carboxylic acids is 1. The molecular formula is C13H18BrNO4. The van der Waals surface area contributed by atoms with E-state index in [1.165, 1.54) is 0 Å². The molecule has 19 heavy (non-hydrogen) atoms. The van der Waals surface area contributed by atoms with Crippen LogP contribution in [0.25, 0.3) is 0 Å². The molecule has 1 atom stereocenters. The van der Waals surface area contributed by atoms with Crippen molar-refractivity contribution < 1.29 is 19.4 Å². The number of hydrogen-bond donors (Lipinski definition) is 2. The Morgan fingerprint density at radius 2 is 2.00 bits per heavy atom. The third-order valence-corrected chi connectivity index (χ3v) is 3.54. The monoisotopic (exact) mass is 331 g/mol. The normalized spacial score (nSPS) is 12.1. The van der Waals surface area contributed by atoms with Crippen molar-refractivity contribution in [3.8, 4) is 11.5 Å². The van der Waals surface area contributed by atoms with Crippen LogP contribution in [-0.2, 0) is 4.79 Å². The number of halogens is 1. The Labute approximate surface area is 120 Å². The quantitative estimate of drug-likeness (QED) is 0.837. The van der Waals surface area contributed by atoms with Gasteiger partial charge in [0.15, 0.2) is 11.5 Å². The summed E-state index contributed by atoms with van der Waals surface area (Å²) < 4.78 is 11.3. The van der Waals surface area contributed by atoms with Crippen molar-refractivity contribution in [2.24, 2.45) is 5.73 Å². The van der Waals surface area contributed by atoms with Crippen LogP contribution < -0.4 is 15.2 Å². The van der Waals surface area contributed by atoms with Gasteiger partial charge in [-0.1, -0.05) is 0 Å². The van der Waals surface area contributed by atoms with Gasteiger partial charge in [0.25, 0.3) is 0 Å². The van der Waals surface area contributed by atoms with Gasteiger partial charge in [0.1, 0.15) is 0 Å². The van der Waals surface area contributed by atoms with E-state index in [-0.39, 0.29) is 12.5 Å². The predicted molar refractivity (Wildman–Crippen MR) is 75.8 cm³/mol. The van der Waals surface area contributed by atoms with Crippen LogP contribution in [-0.4, -0.2) is 25.3 Å². The van der Waals surface area contributed by atoms with E-state index in [1.54, 1.807) is 14.2 Å². The van der Waals surface area contributed by atoms with Gasteiger partial charge in [0.2, 0.25) is 0 Å². The van der Waals surface area contributed by atoms with Gasteiger partial charge < -0.3 is 20.3 Å². The summed E-state index contributed by atoms with van der Waals surface area (Å²) in [6.07, 6.45) is 0.407. The lowest BCUT2D eigenvalue weighted by Crippen LogP contribution is -2.14. The zero-order chi connectivity index (χ0) is 14.6. The molecule has 106 valence electrons. The molecule has 0 fully saturated rings. The van der Waals surface area contributed by atoms with Crippen molar-refractivity contribution in [2.75, 3.05) is 14.2 Å². The first-order chi connectivity index (χ1) is 8.92. The van der Waals surface area contributed by atoms with Crippen LogP contribution >= 0.6 is 15.9 Å². The lowest BCUT2D eigenvalue weighted by atomic mass is 9.97. The maximum Gasteiger partial charge on any atom is 0.303 e. The standard InChI is InChI=1S/C13H18BrNO4/c1-7-8(10(15)4-5-11(16)17)6-9(14)13(19-3)12(7)18-2/h6,10H,4-5,15H2,1-3H3,(H,16,17). The molecule has 0 saturated heterocycles. The van der Waals surface area contributed by atoms with E-state index < -0.39 is 5.97 Å². The number of hydrogen-bond acceptors (Lipinski definition) is 4. The summed E-state index contributed by atoms with van der Waals surface area (Å²) in [6, 6.07) is 1.50. The molecule has 3 N–H and O–H groups in total. The van der Waals surface area contributed by atoms with Gasteiger partial charge in [-0.15, -0.1) is 0 Å². The zero-order valence-electron chi connectivity index (χ0n) is 11.2. The van der Waals surface area contributed by atoms with E-state index in [0.717, 1.165) is 15.6 Å². The van der Waals surface area contributed by atoms with Crippen LogP contribution in [0.2, 0.25) is 0 Å². The Hall–Kier alpha value is -1.27. The Kier molecular flexibility index (Phi) is 5.62. The summed E-state index contributed by atoms with van der Waals surface area (Å²) in [7, 11) is 3.12. The minimum Gasteiger partial charge on any atom is -0.493 e. The number of carboxylic acid groups (broad SMARTS) is 1. The first kappa shape index (κ1) is 15.8. The number of methoxy groups -OCH3 is 2. The first-order valence-corrected chi connectivity index (χ1v) is 6.60. The van der Waals surface area contributed by atoms with Crippen LogP contribution in [0.4, 0.5) is 0 Å². The van der Waals surface area contributed by atoms with E-state index in [9.17, 15) is 4.79 Å². The summed E-state index contributed by atoms with van der Waals surface area (Å²) in [5.74, 6) is 0.361. The molecule has 0 aliphatic rings. The van der Waals surface area contributed by atoms with Gasteiger partial charge >= 0.3 is 5.97 Å². The highest BCUT2D eigenvalue weighted by atomic mass is 79.9. The fraction of sp³-hybridized carbons (Fsp3) is 0.462. The van der Waals surface area contributed by atoms with Crippen molar-refractivity contribution in [3.63, 3.8) is 0 Å². The molecule has 0 aliphatic carbocycles. The fourth-order valence-corrected chi connectivity index (χ4v) is 2.56. The third kappa shape index (κ3) is 3.61. The number of nitrogens with two attached hydrogens (primary N) is 1. The maximum atomic E-state index is 10.6. The molecule has 1 unspecified atom stereocenters. The topological polar surface area (TPSA) is 81.8 Å². The van der Waals surface area contributed by atoms with Gasteiger partial charge in [-0.3, -0.25) is 4.79 Å². The van der Waals surface area contributed by atoms with Crippen LogP contribution in [0.3, 0.4) is 0 Å². The molecule has 6 heteroatoms. The average Bonchev–Trinajstić information content (AvgIpc) is 2.37. The van der Waals surface area contributed by atoms with E-state index in [4.69, 9.17) is 20.3 Å². The van der Waals surface area contributed by atoms with Crippen molar-refractivity contribution in [1.29, 1.82) is 0 Å².